The van der Waals surface area contributed by atoms with Gasteiger partial charge in [0.15, 0.2) is 0 Å². The van der Waals surface area contributed by atoms with Crippen molar-refractivity contribution >= 4 is 17.4 Å². The molecule has 0 aromatic heterocycles. The van der Waals surface area contributed by atoms with Gasteiger partial charge < -0.3 is 19.9 Å². The fourth-order valence-corrected chi connectivity index (χ4v) is 2.90. The molecular weight excluding hydrogens is 321 g/mol. The molecule has 0 bridgehead atoms. The molecule has 0 unspecified atom stereocenters. The third-order valence-corrected chi connectivity index (χ3v) is 4.19. The Hall–Kier alpha value is -2.76. The Labute approximate surface area is 147 Å². The van der Waals surface area contributed by atoms with Crippen molar-refractivity contribution in [2.24, 2.45) is 0 Å². The van der Waals surface area contributed by atoms with Crippen LogP contribution in [0.25, 0.3) is 0 Å². The van der Waals surface area contributed by atoms with Crippen LogP contribution >= 0.6 is 0 Å². The first-order chi connectivity index (χ1) is 12.2. The van der Waals surface area contributed by atoms with Gasteiger partial charge in [-0.3, -0.25) is 0 Å². The molecule has 0 radical (unpaired) electrons. The molecule has 0 aliphatic carbocycles. The molecule has 2 amide bonds. The molecule has 1 saturated heterocycles. The maximum atomic E-state index is 13.9. The van der Waals surface area contributed by atoms with E-state index in [9.17, 15) is 9.18 Å². The highest BCUT2D eigenvalue weighted by molar-refractivity contribution is 5.91. The highest BCUT2D eigenvalue weighted by Gasteiger charge is 2.23. The van der Waals surface area contributed by atoms with Gasteiger partial charge in [0.25, 0.3) is 0 Å². The number of piperazine rings is 1. The summed E-state index contributed by atoms with van der Waals surface area (Å²) in [5.41, 5.74) is 1.25. The lowest BCUT2D eigenvalue weighted by Gasteiger charge is -2.36. The molecule has 2 aromatic carbocycles. The van der Waals surface area contributed by atoms with Crippen LogP contribution in [-0.2, 0) is 0 Å². The molecule has 0 atom stereocenters. The number of nitrogens with one attached hydrogen (secondary N) is 1. The minimum atomic E-state index is -0.231. The van der Waals surface area contributed by atoms with Gasteiger partial charge in [0.2, 0.25) is 0 Å². The zero-order valence-electron chi connectivity index (χ0n) is 14.2. The fraction of sp³-hybridized carbons (Fsp3) is 0.316. The monoisotopic (exact) mass is 343 g/mol. The zero-order chi connectivity index (χ0) is 17.6. The summed E-state index contributed by atoms with van der Waals surface area (Å²) in [4.78, 5) is 16.2. The van der Waals surface area contributed by atoms with E-state index in [1.54, 1.807) is 17.0 Å². The lowest BCUT2D eigenvalue weighted by Crippen LogP contribution is -2.50. The third kappa shape index (κ3) is 4.02. The van der Waals surface area contributed by atoms with E-state index in [1.807, 2.05) is 42.2 Å². The summed E-state index contributed by atoms with van der Waals surface area (Å²) in [5, 5.41) is 2.90. The van der Waals surface area contributed by atoms with E-state index in [2.05, 4.69) is 5.32 Å². The van der Waals surface area contributed by atoms with E-state index in [-0.39, 0.29) is 11.8 Å². The summed E-state index contributed by atoms with van der Waals surface area (Å²) in [6, 6.07) is 13.9. The standard InChI is InChI=1S/C19H22FN3O2/c1-2-25-18-10-6-4-8-16(18)21-19(24)23-13-11-22(12-14-23)17-9-5-3-7-15(17)20/h3-10H,2,11-14H2,1H3,(H,21,24). The van der Waals surface area contributed by atoms with Crippen LogP contribution in [0.2, 0.25) is 0 Å². The first-order valence-corrected chi connectivity index (χ1v) is 8.46. The highest BCUT2D eigenvalue weighted by atomic mass is 19.1. The van der Waals surface area contributed by atoms with Crippen LogP contribution in [0.3, 0.4) is 0 Å². The van der Waals surface area contributed by atoms with Crippen molar-refractivity contribution in [3.63, 3.8) is 0 Å². The second kappa shape index (κ2) is 7.88. The number of amides is 2. The maximum absolute atomic E-state index is 13.9. The summed E-state index contributed by atoms with van der Waals surface area (Å²) < 4.78 is 19.4. The normalized spacial score (nSPS) is 14.3. The van der Waals surface area contributed by atoms with Gasteiger partial charge in [0.1, 0.15) is 11.6 Å². The molecule has 1 N–H and O–H groups in total. The Kier molecular flexibility index (Phi) is 5.38. The Morgan fingerprint density at radius 1 is 1.08 bits per heavy atom. The molecule has 0 spiro atoms. The number of benzene rings is 2. The molecule has 1 aliphatic rings. The van der Waals surface area contributed by atoms with E-state index in [0.29, 0.717) is 49.9 Å². The Bertz CT molecular complexity index is 730. The number of halogens is 1. The predicted molar refractivity (Wildman–Crippen MR) is 96.8 cm³/mol. The third-order valence-electron chi connectivity index (χ3n) is 4.19. The highest BCUT2D eigenvalue weighted by Crippen LogP contribution is 2.25. The van der Waals surface area contributed by atoms with Crippen molar-refractivity contribution < 1.29 is 13.9 Å². The van der Waals surface area contributed by atoms with Gasteiger partial charge in [-0.1, -0.05) is 24.3 Å². The van der Waals surface area contributed by atoms with Crippen molar-refractivity contribution in [3.8, 4) is 5.75 Å². The van der Waals surface area contributed by atoms with Crippen molar-refractivity contribution in [1.82, 2.24) is 4.90 Å². The predicted octanol–water partition coefficient (Wildman–Crippen LogP) is 3.58. The number of hydrogen-bond acceptors (Lipinski definition) is 3. The number of rotatable bonds is 4. The smallest absolute Gasteiger partial charge is 0.322 e. The average Bonchev–Trinajstić information content (AvgIpc) is 2.64. The average molecular weight is 343 g/mol. The molecule has 5 nitrogen and oxygen atoms in total. The molecule has 1 heterocycles. The lowest BCUT2D eigenvalue weighted by molar-refractivity contribution is 0.208. The Morgan fingerprint density at radius 2 is 1.76 bits per heavy atom. The van der Waals surface area contributed by atoms with Crippen molar-refractivity contribution in [3.05, 3.63) is 54.3 Å². The molecule has 6 heteroatoms. The Morgan fingerprint density at radius 3 is 2.48 bits per heavy atom. The second-order valence-corrected chi connectivity index (χ2v) is 5.78. The molecule has 132 valence electrons. The van der Waals surface area contributed by atoms with Crippen LogP contribution in [0.15, 0.2) is 48.5 Å². The minimum absolute atomic E-state index is 0.166. The number of anilines is 2. The number of carbonyl (C=O) groups excluding carboxylic acids is 1. The fourth-order valence-electron chi connectivity index (χ4n) is 2.90. The van der Waals surface area contributed by atoms with E-state index in [0.717, 1.165) is 0 Å². The van der Waals surface area contributed by atoms with Gasteiger partial charge in [0.05, 0.1) is 18.0 Å². The largest absolute Gasteiger partial charge is 0.492 e. The van der Waals surface area contributed by atoms with Gasteiger partial charge >= 0.3 is 6.03 Å². The van der Waals surface area contributed by atoms with E-state index < -0.39 is 0 Å². The molecule has 2 aromatic rings. The van der Waals surface area contributed by atoms with E-state index in [4.69, 9.17) is 4.74 Å². The van der Waals surface area contributed by atoms with E-state index >= 15 is 0 Å². The van der Waals surface area contributed by atoms with Gasteiger partial charge in [-0.05, 0) is 31.2 Å². The first kappa shape index (κ1) is 17.1. The Balaban J connectivity index is 1.60. The van der Waals surface area contributed by atoms with Gasteiger partial charge in [0, 0.05) is 26.2 Å². The first-order valence-electron chi connectivity index (χ1n) is 8.46. The summed E-state index contributed by atoms with van der Waals surface area (Å²) in [5.74, 6) is 0.425. The number of nitrogens with zero attached hydrogens (tertiary/aromatic N) is 2. The van der Waals surface area contributed by atoms with Crippen LogP contribution in [0.4, 0.5) is 20.6 Å². The van der Waals surface area contributed by atoms with Crippen LogP contribution in [0, 0.1) is 5.82 Å². The minimum Gasteiger partial charge on any atom is -0.492 e. The quantitative estimate of drug-likeness (QED) is 0.923. The number of para-hydroxylation sites is 3. The molecule has 1 aliphatic heterocycles. The second-order valence-electron chi connectivity index (χ2n) is 5.78. The summed E-state index contributed by atoms with van der Waals surface area (Å²) in [6.45, 7) is 4.71. The molecule has 25 heavy (non-hydrogen) atoms. The zero-order valence-corrected chi connectivity index (χ0v) is 14.2. The number of carbonyl (C=O) groups is 1. The number of ether oxygens (including phenoxy) is 1. The van der Waals surface area contributed by atoms with E-state index in [1.165, 1.54) is 6.07 Å². The van der Waals surface area contributed by atoms with Gasteiger partial charge in [-0.15, -0.1) is 0 Å². The van der Waals surface area contributed by atoms with Gasteiger partial charge in [-0.25, -0.2) is 9.18 Å². The number of urea groups is 1. The SMILES string of the molecule is CCOc1ccccc1NC(=O)N1CCN(c2ccccc2F)CC1. The molecule has 0 saturated carbocycles. The molecular formula is C19H22FN3O2. The molecule has 3 rings (SSSR count). The summed E-state index contributed by atoms with van der Waals surface area (Å²) in [7, 11) is 0. The van der Waals surface area contributed by atoms with Crippen LogP contribution in [0.5, 0.6) is 5.75 Å². The summed E-state index contributed by atoms with van der Waals surface area (Å²) in [6.07, 6.45) is 0. The topological polar surface area (TPSA) is 44.8 Å². The maximum Gasteiger partial charge on any atom is 0.322 e. The lowest BCUT2D eigenvalue weighted by atomic mass is 10.2. The van der Waals surface area contributed by atoms with Crippen molar-refractivity contribution in [1.29, 1.82) is 0 Å². The van der Waals surface area contributed by atoms with Crippen molar-refractivity contribution in [2.75, 3.05) is 43.0 Å². The van der Waals surface area contributed by atoms with Gasteiger partial charge in [-0.2, -0.15) is 0 Å². The van der Waals surface area contributed by atoms with Crippen molar-refractivity contribution in [2.45, 2.75) is 6.92 Å². The van der Waals surface area contributed by atoms with Crippen LogP contribution < -0.4 is 15.0 Å². The van der Waals surface area contributed by atoms with Crippen LogP contribution in [0.1, 0.15) is 6.92 Å². The number of hydrogen-bond donors (Lipinski definition) is 1. The van der Waals surface area contributed by atoms with Crippen LogP contribution in [-0.4, -0.2) is 43.7 Å². The molecule has 1 fully saturated rings. The summed E-state index contributed by atoms with van der Waals surface area (Å²) >= 11 is 0.